The van der Waals surface area contributed by atoms with Crippen LogP contribution in [0.5, 0.6) is 23.0 Å². The lowest BCUT2D eigenvalue weighted by atomic mass is 10.1. The first-order chi connectivity index (χ1) is 22.9. The summed E-state index contributed by atoms with van der Waals surface area (Å²) in [5, 5.41) is 22.8. The van der Waals surface area contributed by atoms with Crippen molar-refractivity contribution in [2.75, 3.05) is 0 Å². The number of hydrogen-bond acceptors (Lipinski definition) is 9. The zero-order valence-corrected chi connectivity index (χ0v) is 27.9. The van der Waals surface area contributed by atoms with Gasteiger partial charge in [-0.3, -0.25) is 9.63 Å². The van der Waals surface area contributed by atoms with E-state index in [-0.39, 0.29) is 54.4 Å². The molecule has 0 radical (unpaired) electrons. The molecule has 0 fully saturated rings. The topological polar surface area (TPSA) is 133 Å². The Hall–Kier alpha value is -4.99. The molecular formula is C34H35ClF6N2O7. The number of hydrogen-bond donors (Lipinski definition) is 3. The molecule has 4 N–H and O–H groups in total. The number of aromatic hydroxyl groups is 2. The maximum absolute atomic E-state index is 12.2. The van der Waals surface area contributed by atoms with Gasteiger partial charge in [0.1, 0.15) is 29.6 Å². The third-order valence-corrected chi connectivity index (χ3v) is 6.19. The average Bonchev–Trinajstić information content (AvgIpc) is 2.99. The Balaban J connectivity index is 0.000000408. The first-order valence-electron chi connectivity index (χ1n) is 14.1. The molecule has 0 amide bonds. The number of nitrogens with two attached hydrogens (primary N) is 1. The number of rotatable bonds is 9. The Morgan fingerprint density at radius 1 is 0.700 bits per heavy atom. The summed E-state index contributed by atoms with van der Waals surface area (Å²) in [4.78, 5) is 20.2. The highest BCUT2D eigenvalue weighted by molar-refractivity contribution is 5.98. The highest BCUT2D eigenvalue weighted by Gasteiger charge is 2.31. The van der Waals surface area contributed by atoms with Gasteiger partial charge in [0.15, 0.2) is 5.78 Å². The van der Waals surface area contributed by atoms with Gasteiger partial charge in [0.2, 0.25) is 0 Å². The highest BCUT2D eigenvalue weighted by atomic mass is 35.5. The van der Waals surface area contributed by atoms with Gasteiger partial charge in [0.25, 0.3) is 0 Å². The van der Waals surface area contributed by atoms with Crippen molar-refractivity contribution < 1.29 is 60.5 Å². The Kier molecular flexibility index (Phi) is 17.1. The largest absolute Gasteiger partial charge is 0.573 e. The van der Waals surface area contributed by atoms with Gasteiger partial charge in [-0.25, -0.2) is 5.90 Å². The van der Waals surface area contributed by atoms with Gasteiger partial charge in [-0.05, 0) is 86.3 Å². The van der Waals surface area contributed by atoms with Crippen LogP contribution in [-0.2, 0) is 22.9 Å². The first-order valence-corrected chi connectivity index (χ1v) is 14.1. The Morgan fingerprint density at radius 2 is 1.14 bits per heavy atom. The average molecular weight is 733 g/mol. The van der Waals surface area contributed by atoms with E-state index in [1.165, 1.54) is 49.4 Å². The molecule has 16 heteroatoms. The summed E-state index contributed by atoms with van der Waals surface area (Å²) in [5.41, 5.74) is 4.30. The summed E-state index contributed by atoms with van der Waals surface area (Å²) in [6, 6.07) is 20.9. The van der Waals surface area contributed by atoms with Gasteiger partial charge in [-0.1, -0.05) is 53.7 Å². The summed E-state index contributed by atoms with van der Waals surface area (Å²) in [7, 11) is 0. The molecule has 4 aromatic rings. The lowest BCUT2D eigenvalue weighted by Crippen LogP contribution is -2.17. The minimum atomic E-state index is -4.73. The second kappa shape index (κ2) is 19.9. The van der Waals surface area contributed by atoms with E-state index in [1.54, 1.807) is 63.2 Å². The molecule has 0 heterocycles. The van der Waals surface area contributed by atoms with Crippen LogP contribution in [0.2, 0.25) is 0 Å². The number of aryl methyl sites for hydroxylation is 2. The van der Waals surface area contributed by atoms with E-state index in [4.69, 9.17) is 10.7 Å². The molecule has 272 valence electrons. The van der Waals surface area contributed by atoms with Gasteiger partial charge in [-0.15, -0.1) is 38.7 Å². The number of benzene rings is 4. The van der Waals surface area contributed by atoms with Crippen molar-refractivity contribution >= 4 is 23.9 Å². The molecule has 0 spiro atoms. The van der Waals surface area contributed by atoms with E-state index in [0.717, 1.165) is 11.1 Å². The Labute approximate surface area is 290 Å². The fourth-order valence-corrected chi connectivity index (χ4v) is 3.68. The summed E-state index contributed by atoms with van der Waals surface area (Å²) < 4.78 is 79.4. The lowest BCUT2D eigenvalue weighted by Gasteiger charge is -2.09. The number of carbonyl (C=O) groups excluding carboxylic acids is 1. The van der Waals surface area contributed by atoms with Crippen LogP contribution in [0, 0.1) is 13.8 Å². The molecule has 0 bridgehead atoms. The molecule has 0 atom stereocenters. The number of oxime groups is 1. The van der Waals surface area contributed by atoms with E-state index in [0.29, 0.717) is 28.0 Å². The van der Waals surface area contributed by atoms with E-state index >= 15 is 0 Å². The standard InChI is InChI=1S/C17H16F3NO3.C9H10O2.C8H8F3NO2.ClH/c1-11-6-7-14(9-16(11)22)12(2)21-23-10-13-4-3-5-15(8-13)24-17(18,19)20;1-6-3-4-8(7(2)10)5-9(6)11;9-8(10,11)14-7-3-1-2-6(4-7)5-13-12;/h3-9,22H,10H2,1-2H3;3-5,11H,1-2H3;1-4H,5,12H2;1H/b21-12+;;;. The van der Waals surface area contributed by atoms with Crippen molar-refractivity contribution in [1.29, 1.82) is 0 Å². The van der Waals surface area contributed by atoms with Crippen molar-refractivity contribution in [3.8, 4) is 23.0 Å². The molecule has 4 rings (SSSR count). The van der Waals surface area contributed by atoms with Crippen LogP contribution in [0.3, 0.4) is 0 Å². The number of phenols is 2. The second-order valence-electron chi connectivity index (χ2n) is 10.2. The van der Waals surface area contributed by atoms with E-state index in [2.05, 4.69) is 19.5 Å². The molecule has 0 saturated carbocycles. The zero-order valence-electron chi connectivity index (χ0n) is 27.1. The predicted octanol–water partition coefficient (Wildman–Crippen LogP) is 8.84. The number of halogens is 7. The highest BCUT2D eigenvalue weighted by Crippen LogP contribution is 2.25. The van der Waals surface area contributed by atoms with Crippen LogP contribution in [0.1, 0.15) is 52.0 Å². The minimum absolute atomic E-state index is 0. The molecule has 0 unspecified atom stereocenters. The van der Waals surface area contributed by atoms with Gasteiger partial charge >= 0.3 is 12.7 Å². The number of Topliss-reactive ketones (excluding diaryl/α,β-unsaturated/α-hetero) is 1. The fourth-order valence-electron chi connectivity index (χ4n) is 3.68. The molecule has 0 aliphatic rings. The molecule has 0 aliphatic heterocycles. The third-order valence-electron chi connectivity index (χ3n) is 6.19. The minimum Gasteiger partial charge on any atom is -0.508 e. The maximum atomic E-state index is 12.2. The first kappa shape index (κ1) is 43.0. The molecular weight excluding hydrogens is 698 g/mol. The number of ether oxygens (including phenoxy) is 2. The molecule has 0 aromatic heterocycles. The molecule has 0 saturated heterocycles. The van der Waals surface area contributed by atoms with Gasteiger partial charge < -0.3 is 24.5 Å². The predicted molar refractivity (Wildman–Crippen MR) is 175 cm³/mol. The van der Waals surface area contributed by atoms with Crippen LogP contribution in [0.15, 0.2) is 90.1 Å². The van der Waals surface area contributed by atoms with Crippen molar-refractivity contribution in [2.45, 2.75) is 53.6 Å². The van der Waals surface area contributed by atoms with Crippen LogP contribution in [-0.4, -0.2) is 34.4 Å². The van der Waals surface area contributed by atoms with E-state index in [9.17, 15) is 41.4 Å². The molecule has 4 aromatic carbocycles. The maximum Gasteiger partial charge on any atom is 0.573 e. The molecule has 0 aliphatic carbocycles. The van der Waals surface area contributed by atoms with Crippen LogP contribution < -0.4 is 15.4 Å². The molecule has 9 nitrogen and oxygen atoms in total. The van der Waals surface area contributed by atoms with Crippen molar-refractivity contribution in [1.82, 2.24) is 0 Å². The summed E-state index contributed by atoms with van der Waals surface area (Å²) in [6.45, 7) is 6.77. The van der Waals surface area contributed by atoms with Gasteiger partial charge in [0, 0.05) is 11.1 Å². The van der Waals surface area contributed by atoms with Crippen LogP contribution in [0.4, 0.5) is 26.3 Å². The quantitative estimate of drug-likeness (QED) is 0.0673. The number of carbonyl (C=O) groups is 1. The SMILES string of the molecule is C/C(=N\OCc1cccc(OC(F)(F)F)c1)c1ccc(C)c(O)c1.CC(=O)c1ccc(C)c(O)c1.Cl.NOCc1cccc(OC(F)(F)F)c1. The number of ketones is 1. The Bertz CT molecular complexity index is 1720. The van der Waals surface area contributed by atoms with Crippen molar-refractivity contribution in [3.63, 3.8) is 0 Å². The van der Waals surface area contributed by atoms with Crippen LogP contribution >= 0.6 is 12.4 Å². The summed E-state index contributed by atoms with van der Waals surface area (Å²) in [5.74, 6) is 4.48. The van der Waals surface area contributed by atoms with Crippen LogP contribution in [0.25, 0.3) is 0 Å². The van der Waals surface area contributed by atoms with E-state index in [1.807, 2.05) is 0 Å². The van der Waals surface area contributed by atoms with Crippen molar-refractivity contribution in [2.24, 2.45) is 11.1 Å². The Morgan fingerprint density at radius 3 is 1.56 bits per heavy atom. The number of alkyl halides is 6. The summed E-state index contributed by atoms with van der Waals surface area (Å²) in [6.07, 6.45) is -9.41. The summed E-state index contributed by atoms with van der Waals surface area (Å²) >= 11 is 0. The zero-order chi connectivity index (χ0) is 36.8. The van der Waals surface area contributed by atoms with Gasteiger partial charge in [-0.2, -0.15) is 0 Å². The monoisotopic (exact) mass is 732 g/mol. The van der Waals surface area contributed by atoms with E-state index < -0.39 is 12.7 Å². The number of nitrogens with zero attached hydrogens (tertiary/aromatic N) is 1. The third kappa shape index (κ3) is 16.4. The number of phenolic OH excluding ortho intramolecular Hbond substituents is 2. The van der Waals surface area contributed by atoms with Crippen molar-refractivity contribution in [3.05, 3.63) is 118 Å². The molecule has 50 heavy (non-hydrogen) atoms. The fraction of sp³-hybridized carbons (Fsp3) is 0.235. The second-order valence-corrected chi connectivity index (χ2v) is 10.2. The lowest BCUT2D eigenvalue weighted by molar-refractivity contribution is -0.275. The normalized spacial score (nSPS) is 11.1. The smallest absolute Gasteiger partial charge is 0.508 e. The van der Waals surface area contributed by atoms with Gasteiger partial charge in [0.05, 0.1) is 12.3 Å².